The van der Waals surface area contributed by atoms with Crippen molar-refractivity contribution in [3.63, 3.8) is 0 Å². The van der Waals surface area contributed by atoms with E-state index < -0.39 is 0 Å². The van der Waals surface area contributed by atoms with Gasteiger partial charge in [0.2, 0.25) is 11.8 Å². The summed E-state index contributed by atoms with van der Waals surface area (Å²) in [6.07, 6.45) is 1.38. The first kappa shape index (κ1) is 15.9. The highest BCUT2D eigenvalue weighted by Gasteiger charge is 2.26. The third-order valence-electron chi connectivity index (χ3n) is 3.51. The van der Waals surface area contributed by atoms with Crippen molar-refractivity contribution in [1.82, 2.24) is 20.5 Å². The zero-order valence-electron chi connectivity index (χ0n) is 11.8. The Hall–Kier alpha value is -1.18. The van der Waals surface area contributed by atoms with Gasteiger partial charge in [0.05, 0.1) is 6.54 Å². The van der Waals surface area contributed by atoms with Gasteiger partial charge >= 0.3 is 0 Å². The number of nitrogens with one attached hydrogen (secondary N) is 2. The minimum atomic E-state index is -0.127. The largest absolute Gasteiger partial charge is 0.342 e. The summed E-state index contributed by atoms with van der Waals surface area (Å²) in [5.41, 5.74) is 2.18. The molecule has 2 amide bonds. The van der Waals surface area contributed by atoms with Crippen LogP contribution < -0.4 is 16.6 Å². The van der Waals surface area contributed by atoms with E-state index in [1.165, 1.54) is 0 Å². The van der Waals surface area contributed by atoms with Crippen LogP contribution in [0.2, 0.25) is 0 Å². The van der Waals surface area contributed by atoms with Crippen LogP contribution in [0.4, 0.5) is 0 Å². The van der Waals surface area contributed by atoms with E-state index in [1.807, 2.05) is 23.9 Å². The second-order valence-electron chi connectivity index (χ2n) is 5.00. The highest BCUT2D eigenvalue weighted by atomic mass is 16.2. The lowest BCUT2D eigenvalue weighted by Crippen LogP contribution is -2.47. The summed E-state index contributed by atoms with van der Waals surface area (Å²) in [7, 11) is 3.83. The standard InChI is InChI=1S/C12H25N5O2/c1-14-5-8-16(2)9-11(18)17-6-3-10(4-7-17)12(19)15-13/h10,14H,3-9,13H2,1-2H3,(H,15,19). The Kier molecular flexibility index (Phi) is 6.75. The molecular weight excluding hydrogens is 246 g/mol. The van der Waals surface area contributed by atoms with Gasteiger partial charge in [0.25, 0.3) is 0 Å². The third-order valence-corrected chi connectivity index (χ3v) is 3.51. The topological polar surface area (TPSA) is 90.7 Å². The number of hydrogen-bond acceptors (Lipinski definition) is 5. The van der Waals surface area contributed by atoms with Crippen molar-refractivity contribution in [2.24, 2.45) is 11.8 Å². The van der Waals surface area contributed by atoms with Gasteiger partial charge in [-0.15, -0.1) is 0 Å². The molecule has 1 aliphatic heterocycles. The zero-order chi connectivity index (χ0) is 14.3. The van der Waals surface area contributed by atoms with E-state index in [9.17, 15) is 9.59 Å². The van der Waals surface area contributed by atoms with Crippen LogP contribution in [-0.2, 0) is 9.59 Å². The van der Waals surface area contributed by atoms with Gasteiger partial charge in [0.1, 0.15) is 0 Å². The van der Waals surface area contributed by atoms with Gasteiger partial charge < -0.3 is 10.2 Å². The number of likely N-dealkylation sites (tertiary alicyclic amines) is 1. The van der Waals surface area contributed by atoms with E-state index in [1.54, 1.807) is 0 Å². The minimum Gasteiger partial charge on any atom is -0.342 e. The predicted octanol–water partition coefficient (Wildman–Crippen LogP) is -1.63. The lowest BCUT2D eigenvalue weighted by Gasteiger charge is -2.32. The number of hydrogen-bond donors (Lipinski definition) is 3. The fraction of sp³-hybridized carbons (Fsp3) is 0.833. The van der Waals surface area contributed by atoms with Crippen LogP contribution in [0.15, 0.2) is 0 Å². The summed E-state index contributed by atoms with van der Waals surface area (Å²) < 4.78 is 0. The summed E-state index contributed by atoms with van der Waals surface area (Å²) in [4.78, 5) is 27.3. The molecule has 1 aliphatic rings. The van der Waals surface area contributed by atoms with Gasteiger partial charge in [-0.3, -0.25) is 19.9 Å². The number of hydrazine groups is 1. The van der Waals surface area contributed by atoms with Gasteiger partial charge in [0.15, 0.2) is 0 Å². The monoisotopic (exact) mass is 271 g/mol. The Morgan fingerprint density at radius 2 is 2.00 bits per heavy atom. The minimum absolute atomic E-state index is 0.0592. The molecule has 0 aromatic rings. The van der Waals surface area contributed by atoms with Crippen molar-refractivity contribution in [3.05, 3.63) is 0 Å². The molecule has 19 heavy (non-hydrogen) atoms. The summed E-state index contributed by atoms with van der Waals surface area (Å²) in [6.45, 7) is 3.40. The van der Waals surface area contributed by atoms with Gasteiger partial charge in [-0.05, 0) is 26.9 Å². The maximum Gasteiger partial charge on any atom is 0.237 e. The van der Waals surface area contributed by atoms with Gasteiger partial charge in [-0.2, -0.15) is 0 Å². The molecule has 0 aromatic heterocycles. The van der Waals surface area contributed by atoms with Gasteiger partial charge in [-0.1, -0.05) is 0 Å². The molecule has 0 spiro atoms. The van der Waals surface area contributed by atoms with E-state index in [2.05, 4.69) is 10.7 Å². The second kappa shape index (κ2) is 8.08. The van der Waals surface area contributed by atoms with E-state index >= 15 is 0 Å². The molecule has 1 heterocycles. The van der Waals surface area contributed by atoms with E-state index in [0.717, 1.165) is 13.1 Å². The molecule has 0 unspecified atom stereocenters. The average molecular weight is 271 g/mol. The van der Waals surface area contributed by atoms with Crippen molar-refractivity contribution in [1.29, 1.82) is 0 Å². The Labute approximate surface area is 114 Å². The SMILES string of the molecule is CNCCN(C)CC(=O)N1CCC(C(=O)NN)CC1. The number of likely N-dealkylation sites (N-methyl/N-ethyl adjacent to an activating group) is 2. The molecule has 0 bridgehead atoms. The first-order valence-corrected chi connectivity index (χ1v) is 6.69. The molecule has 0 saturated carbocycles. The second-order valence-corrected chi connectivity index (χ2v) is 5.00. The predicted molar refractivity (Wildman–Crippen MR) is 73.1 cm³/mol. The van der Waals surface area contributed by atoms with Crippen molar-refractivity contribution in [2.45, 2.75) is 12.8 Å². The van der Waals surface area contributed by atoms with Crippen molar-refractivity contribution < 1.29 is 9.59 Å². The molecule has 7 heteroatoms. The quantitative estimate of drug-likeness (QED) is 0.306. The maximum atomic E-state index is 12.1. The number of nitrogens with two attached hydrogens (primary N) is 1. The first-order valence-electron chi connectivity index (χ1n) is 6.69. The van der Waals surface area contributed by atoms with E-state index in [0.29, 0.717) is 32.5 Å². The highest BCUT2D eigenvalue weighted by molar-refractivity contribution is 5.80. The van der Waals surface area contributed by atoms with E-state index in [4.69, 9.17) is 5.84 Å². The van der Waals surface area contributed by atoms with Crippen LogP contribution in [0.25, 0.3) is 0 Å². The van der Waals surface area contributed by atoms with E-state index in [-0.39, 0.29) is 17.7 Å². The molecular formula is C12H25N5O2. The molecule has 1 fully saturated rings. The average Bonchev–Trinajstić information content (AvgIpc) is 2.44. The van der Waals surface area contributed by atoms with Crippen LogP contribution >= 0.6 is 0 Å². The van der Waals surface area contributed by atoms with Gasteiger partial charge in [0, 0.05) is 32.1 Å². The Balaban J connectivity index is 2.30. The van der Waals surface area contributed by atoms with Crippen molar-refractivity contribution in [2.75, 3.05) is 46.8 Å². The smallest absolute Gasteiger partial charge is 0.237 e. The molecule has 0 atom stereocenters. The Bertz CT molecular complexity index is 302. The lowest BCUT2D eigenvalue weighted by molar-refractivity contribution is -0.136. The summed E-state index contributed by atoms with van der Waals surface area (Å²) in [5.74, 6) is 5.06. The molecule has 0 aromatic carbocycles. The molecule has 0 aliphatic carbocycles. The normalized spacial score (nSPS) is 16.7. The highest BCUT2D eigenvalue weighted by Crippen LogP contribution is 2.17. The number of piperidine rings is 1. The number of amides is 2. The number of nitrogens with zero attached hydrogens (tertiary/aromatic N) is 2. The lowest BCUT2D eigenvalue weighted by atomic mass is 9.96. The van der Waals surface area contributed by atoms with Crippen LogP contribution in [0, 0.1) is 5.92 Å². The summed E-state index contributed by atoms with van der Waals surface area (Å²) in [5, 5.41) is 3.05. The molecule has 110 valence electrons. The fourth-order valence-corrected chi connectivity index (χ4v) is 2.22. The Morgan fingerprint density at radius 1 is 1.37 bits per heavy atom. The fourth-order valence-electron chi connectivity index (χ4n) is 2.22. The zero-order valence-corrected chi connectivity index (χ0v) is 11.8. The maximum absolute atomic E-state index is 12.1. The summed E-state index contributed by atoms with van der Waals surface area (Å²) >= 11 is 0. The molecule has 4 N–H and O–H groups in total. The third kappa shape index (κ3) is 5.14. The number of carbonyl (C=O) groups excluding carboxylic acids is 2. The number of rotatable bonds is 6. The molecule has 7 nitrogen and oxygen atoms in total. The van der Waals surface area contributed by atoms with Crippen LogP contribution in [-0.4, -0.2) is 68.4 Å². The van der Waals surface area contributed by atoms with Crippen LogP contribution in [0.3, 0.4) is 0 Å². The summed E-state index contributed by atoms with van der Waals surface area (Å²) in [6, 6.07) is 0. The first-order chi connectivity index (χ1) is 9.08. The van der Waals surface area contributed by atoms with Crippen molar-refractivity contribution in [3.8, 4) is 0 Å². The number of carbonyl (C=O) groups is 2. The molecule has 1 rings (SSSR count). The Morgan fingerprint density at radius 3 is 2.53 bits per heavy atom. The van der Waals surface area contributed by atoms with Crippen LogP contribution in [0.5, 0.6) is 0 Å². The van der Waals surface area contributed by atoms with Crippen LogP contribution in [0.1, 0.15) is 12.8 Å². The van der Waals surface area contributed by atoms with Crippen molar-refractivity contribution >= 4 is 11.8 Å². The molecule has 0 radical (unpaired) electrons. The van der Waals surface area contributed by atoms with Gasteiger partial charge in [-0.25, -0.2) is 5.84 Å². The molecule has 1 saturated heterocycles.